The molecule has 46 heavy (non-hydrogen) atoms. The molecule has 0 bridgehead atoms. The van der Waals surface area contributed by atoms with E-state index in [0.717, 1.165) is 22.8 Å². The Hall–Kier alpha value is -5.38. The molecule has 5 rings (SSSR count). The average Bonchev–Trinajstić information content (AvgIpc) is 3.03. The lowest BCUT2D eigenvalue weighted by Crippen LogP contribution is -2.07. The fraction of sp³-hybridized carbons (Fsp3) is 0.278. The van der Waals surface area contributed by atoms with Crippen LogP contribution in [-0.4, -0.2) is 68.6 Å². The fourth-order valence-electron chi connectivity index (χ4n) is 3.33. The van der Waals surface area contributed by atoms with E-state index < -0.39 is 0 Å². The molecular weight excluding hydrogens is 580 g/mol. The summed E-state index contributed by atoms with van der Waals surface area (Å²) in [4.78, 5) is 20.5. The van der Waals surface area contributed by atoms with Crippen molar-refractivity contribution >= 4 is 11.4 Å². The first-order valence-corrected chi connectivity index (χ1v) is 14.5. The second-order valence-electron chi connectivity index (χ2n) is 10.6. The van der Waals surface area contributed by atoms with E-state index in [1.54, 1.807) is 50.8 Å². The van der Waals surface area contributed by atoms with E-state index >= 15 is 0 Å². The fourth-order valence-corrected chi connectivity index (χ4v) is 3.33. The second-order valence-corrected chi connectivity index (χ2v) is 10.6. The summed E-state index contributed by atoms with van der Waals surface area (Å²) in [6, 6.07) is 17.2. The van der Waals surface area contributed by atoms with Gasteiger partial charge in [0.05, 0.1) is 22.8 Å². The number of phenolic OH excluding ortho intramolecular Hbond substituents is 4. The van der Waals surface area contributed by atoms with E-state index in [-0.39, 0.29) is 23.0 Å². The highest BCUT2D eigenvalue weighted by Gasteiger charge is 1.99. The normalized spacial score (nSPS) is 9.43. The molecule has 5 aromatic rings. The Morgan fingerprint density at radius 1 is 0.413 bits per heavy atom. The molecule has 10 heteroatoms. The maximum absolute atomic E-state index is 8.94. The molecule has 0 saturated carbocycles. The number of nitrogens with zero attached hydrogens (tertiary/aromatic N) is 6. The highest BCUT2D eigenvalue weighted by Crippen LogP contribution is 2.24. The molecule has 3 heterocycles. The maximum Gasteiger partial charge on any atom is 0.122 e. The van der Waals surface area contributed by atoms with Crippen molar-refractivity contribution in [1.29, 1.82) is 0 Å². The summed E-state index contributed by atoms with van der Waals surface area (Å²) in [5.41, 5.74) is 7.54. The van der Waals surface area contributed by atoms with Crippen molar-refractivity contribution in [2.24, 2.45) is 0 Å². The van der Waals surface area contributed by atoms with Gasteiger partial charge in [-0.05, 0) is 90.1 Å². The minimum atomic E-state index is 0.134. The molecular formula is C36H48N6O4. The van der Waals surface area contributed by atoms with E-state index in [1.807, 2.05) is 90.0 Å². The number of phenols is 4. The lowest BCUT2D eigenvalue weighted by Gasteiger charge is -2.10. The largest absolute Gasteiger partial charge is 0.508 e. The van der Waals surface area contributed by atoms with Gasteiger partial charge in [0, 0.05) is 75.5 Å². The first-order chi connectivity index (χ1) is 21.6. The molecule has 246 valence electrons. The van der Waals surface area contributed by atoms with Crippen LogP contribution in [0.1, 0.15) is 33.9 Å². The van der Waals surface area contributed by atoms with Crippen LogP contribution in [0.5, 0.6) is 23.0 Å². The van der Waals surface area contributed by atoms with Crippen molar-refractivity contribution in [3.63, 3.8) is 0 Å². The number of aromatic nitrogens is 4. The molecule has 4 N–H and O–H groups in total. The predicted molar refractivity (Wildman–Crippen MR) is 187 cm³/mol. The third-order valence-electron chi connectivity index (χ3n) is 6.63. The Morgan fingerprint density at radius 2 is 0.652 bits per heavy atom. The number of hydrogen-bond donors (Lipinski definition) is 4. The van der Waals surface area contributed by atoms with Crippen LogP contribution in [0.4, 0.5) is 11.4 Å². The SMILES string of the molecule is CN(C)c1ccncc1.CN(C)c1ccncc1.Cc1c(O)cccc1O.Cc1c(O)cccc1O.Cc1nc(C)c(C)nc1C. The molecule has 0 spiro atoms. The highest BCUT2D eigenvalue weighted by molar-refractivity contribution is 5.43. The maximum atomic E-state index is 8.94. The number of benzene rings is 2. The first-order valence-electron chi connectivity index (χ1n) is 14.5. The van der Waals surface area contributed by atoms with Crippen molar-refractivity contribution < 1.29 is 20.4 Å². The van der Waals surface area contributed by atoms with E-state index in [1.165, 1.54) is 35.6 Å². The second kappa shape index (κ2) is 19.8. The van der Waals surface area contributed by atoms with Gasteiger partial charge in [0.1, 0.15) is 23.0 Å². The zero-order valence-corrected chi connectivity index (χ0v) is 28.6. The molecule has 0 fully saturated rings. The van der Waals surface area contributed by atoms with E-state index in [0.29, 0.717) is 11.1 Å². The average molecular weight is 629 g/mol. The minimum absolute atomic E-state index is 0.134. The molecule has 0 aliphatic rings. The molecule has 2 aromatic carbocycles. The summed E-state index contributed by atoms with van der Waals surface area (Å²) in [7, 11) is 8.04. The summed E-state index contributed by atoms with van der Waals surface area (Å²) in [6.45, 7) is 11.2. The zero-order chi connectivity index (χ0) is 34.8. The van der Waals surface area contributed by atoms with Crippen molar-refractivity contribution in [2.45, 2.75) is 41.5 Å². The van der Waals surface area contributed by atoms with Crippen LogP contribution >= 0.6 is 0 Å². The number of rotatable bonds is 2. The van der Waals surface area contributed by atoms with Crippen molar-refractivity contribution in [3.05, 3.63) is 119 Å². The Balaban J connectivity index is 0.000000288. The predicted octanol–water partition coefficient (Wildman–Crippen LogP) is 6.82. The molecule has 0 amide bonds. The molecule has 0 aliphatic carbocycles. The van der Waals surface area contributed by atoms with Crippen LogP contribution in [0.3, 0.4) is 0 Å². The van der Waals surface area contributed by atoms with Gasteiger partial charge in [0.2, 0.25) is 0 Å². The molecule has 0 unspecified atom stereocenters. The number of pyridine rings is 2. The zero-order valence-electron chi connectivity index (χ0n) is 28.6. The van der Waals surface area contributed by atoms with Gasteiger partial charge >= 0.3 is 0 Å². The summed E-state index contributed by atoms with van der Waals surface area (Å²) in [5, 5.41) is 35.8. The lowest BCUT2D eigenvalue weighted by molar-refractivity contribution is 0.442. The van der Waals surface area contributed by atoms with Crippen LogP contribution in [0.25, 0.3) is 0 Å². The van der Waals surface area contributed by atoms with Gasteiger partial charge in [-0.3, -0.25) is 19.9 Å². The molecule has 0 radical (unpaired) electrons. The number of hydrogen-bond acceptors (Lipinski definition) is 10. The quantitative estimate of drug-likeness (QED) is 0.165. The van der Waals surface area contributed by atoms with Crippen LogP contribution < -0.4 is 9.80 Å². The Labute approximate surface area is 273 Å². The third kappa shape index (κ3) is 13.9. The Morgan fingerprint density at radius 3 is 0.826 bits per heavy atom. The lowest BCUT2D eigenvalue weighted by atomic mass is 10.2. The molecule has 10 nitrogen and oxygen atoms in total. The van der Waals surface area contributed by atoms with Gasteiger partial charge in [-0.25, -0.2) is 0 Å². The molecule has 0 atom stereocenters. The van der Waals surface area contributed by atoms with Crippen molar-refractivity contribution in [1.82, 2.24) is 19.9 Å². The van der Waals surface area contributed by atoms with Gasteiger partial charge in [-0.2, -0.15) is 0 Å². The first kappa shape index (κ1) is 38.6. The summed E-state index contributed by atoms with van der Waals surface area (Å²) in [5.74, 6) is 0.537. The summed E-state index contributed by atoms with van der Waals surface area (Å²) in [6.07, 6.45) is 7.15. The number of aryl methyl sites for hydroxylation is 4. The van der Waals surface area contributed by atoms with Gasteiger partial charge in [0.15, 0.2) is 0 Å². The molecule has 0 saturated heterocycles. The third-order valence-corrected chi connectivity index (χ3v) is 6.63. The standard InChI is InChI=1S/C8H12N2.2C7H10N2.2C7H8O2/c1-5-6(2)10-8(4)7(3)9-5;2*1-9(2)7-3-5-8-6-4-7;2*1-5-6(8)3-2-4-7(5)9/h1-4H3;2*3-6H,1-2H3;2*2-4,8-9H,1H3. The van der Waals surface area contributed by atoms with E-state index in [4.69, 9.17) is 20.4 Å². The van der Waals surface area contributed by atoms with E-state index in [9.17, 15) is 0 Å². The monoisotopic (exact) mass is 628 g/mol. The molecule has 0 aliphatic heterocycles. The van der Waals surface area contributed by atoms with Gasteiger partial charge in [-0.1, -0.05) is 12.1 Å². The Bertz CT molecular complexity index is 1410. The topological polar surface area (TPSA) is 139 Å². The van der Waals surface area contributed by atoms with Crippen molar-refractivity contribution in [2.75, 3.05) is 38.0 Å². The number of anilines is 2. The number of aromatic hydroxyl groups is 4. The van der Waals surface area contributed by atoms with Crippen LogP contribution in [0.15, 0.2) is 85.5 Å². The highest BCUT2D eigenvalue weighted by atomic mass is 16.3. The smallest absolute Gasteiger partial charge is 0.122 e. The summed E-state index contributed by atoms with van der Waals surface area (Å²) >= 11 is 0. The Kier molecular flexibility index (Phi) is 16.6. The van der Waals surface area contributed by atoms with Crippen molar-refractivity contribution in [3.8, 4) is 23.0 Å². The van der Waals surface area contributed by atoms with Crippen LogP contribution in [-0.2, 0) is 0 Å². The van der Waals surface area contributed by atoms with Crippen LogP contribution in [0, 0.1) is 41.5 Å². The molecule has 3 aromatic heterocycles. The van der Waals surface area contributed by atoms with Crippen LogP contribution in [0.2, 0.25) is 0 Å². The summed E-state index contributed by atoms with van der Waals surface area (Å²) < 4.78 is 0. The minimum Gasteiger partial charge on any atom is -0.508 e. The van der Waals surface area contributed by atoms with E-state index in [2.05, 4.69) is 19.9 Å². The van der Waals surface area contributed by atoms with Gasteiger partial charge in [-0.15, -0.1) is 0 Å². The van der Waals surface area contributed by atoms with Gasteiger partial charge in [0.25, 0.3) is 0 Å². The van der Waals surface area contributed by atoms with Gasteiger partial charge < -0.3 is 30.2 Å².